The highest BCUT2D eigenvalue weighted by atomic mass is 16.5. The smallest absolute Gasteiger partial charge is 0.307 e. The van der Waals surface area contributed by atoms with Crippen molar-refractivity contribution in [3.8, 4) is 0 Å². The van der Waals surface area contributed by atoms with Crippen molar-refractivity contribution in [3.05, 3.63) is 0 Å². The molecule has 0 heterocycles. The highest BCUT2D eigenvalue weighted by Crippen LogP contribution is 2.12. The summed E-state index contributed by atoms with van der Waals surface area (Å²) in [7, 11) is 5.84. The zero-order valence-corrected chi connectivity index (χ0v) is 12.8. The van der Waals surface area contributed by atoms with Crippen LogP contribution in [0.3, 0.4) is 0 Å². The predicted octanol–water partition coefficient (Wildman–Crippen LogP) is 1.91. The van der Waals surface area contributed by atoms with Gasteiger partial charge in [-0.2, -0.15) is 0 Å². The molecule has 0 aliphatic rings. The minimum Gasteiger partial charge on any atom is -0.481 e. The van der Waals surface area contributed by atoms with Crippen LogP contribution in [-0.2, 0) is 14.3 Å². The summed E-state index contributed by atoms with van der Waals surface area (Å²) in [6.07, 6.45) is 1.50. The van der Waals surface area contributed by atoms with E-state index < -0.39 is 12.1 Å². The van der Waals surface area contributed by atoms with Gasteiger partial charge in [-0.15, -0.1) is 0 Å². The first-order valence-electron chi connectivity index (χ1n) is 6.85. The molecule has 0 rings (SSSR count). The molecule has 0 amide bonds. The Morgan fingerprint density at radius 2 is 1.84 bits per heavy atom. The number of hydrogen-bond donors (Lipinski definition) is 1. The van der Waals surface area contributed by atoms with E-state index in [0.29, 0.717) is 23.4 Å². The molecule has 0 aromatic heterocycles. The van der Waals surface area contributed by atoms with Crippen LogP contribution in [0.1, 0.15) is 39.5 Å². The molecule has 0 aliphatic heterocycles. The Morgan fingerprint density at radius 3 is 2.26 bits per heavy atom. The number of aliphatic carboxylic acids is 1. The van der Waals surface area contributed by atoms with Crippen LogP contribution < -0.4 is 0 Å². The first-order chi connectivity index (χ1) is 8.64. The number of carboxylic acids is 1. The summed E-state index contributed by atoms with van der Waals surface area (Å²) in [6, 6.07) is 0. The third-order valence-electron chi connectivity index (χ3n) is 2.99. The van der Waals surface area contributed by atoms with Crippen molar-refractivity contribution in [3.63, 3.8) is 0 Å². The van der Waals surface area contributed by atoms with Crippen LogP contribution in [0, 0.1) is 5.92 Å². The molecule has 0 bridgehead atoms. The standard InChI is InChI=1S/C14H27NO4/c1-6-11(2)7-8-14(18)19-12(9-13(16)17)10-15(3,4)5/h11-12H,6-10H2,1-5H3/p+1. The summed E-state index contributed by atoms with van der Waals surface area (Å²) in [5.41, 5.74) is 0. The van der Waals surface area contributed by atoms with Gasteiger partial charge >= 0.3 is 11.9 Å². The van der Waals surface area contributed by atoms with Gasteiger partial charge in [-0.05, 0) is 12.3 Å². The van der Waals surface area contributed by atoms with E-state index in [4.69, 9.17) is 9.84 Å². The number of ether oxygens (including phenoxy) is 1. The van der Waals surface area contributed by atoms with Gasteiger partial charge in [0.25, 0.3) is 0 Å². The van der Waals surface area contributed by atoms with E-state index in [1.807, 2.05) is 21.1 Å². The van der Waals surface area contributed by atoms with Crippen LogP contribution in [0.25, 0.3) is 0 Å². The largest absolute Gasteiger partial charge is 0.481 e. The summed E-state index contributed by atoms with van der Waals surface area (Å²) in [5, 5.41) is 8.85. The SMILES string of the molecule is CCC(C)CCC(=O)OC(CC(=O)O)C[N+](C)(C)C. The van der Waals surface area contributed by atoms with Gasteiger partial charge in [-0.3, -0.25) is 9.59 Å². The van der Waals surface area contributed by atoms with Crippen LogP contribution in [0.5, 0.6) is 0 Å². The van der Waals surface area contributed by atoms with Crippen LogP contribution in [0.4, 0.5) is 0 Å². The van der Waals surface area contributed by atoms with Gasteiger partial charge in [0, 0.05) is 6.42 Å². The number of likely N-dealkylation sites (N-methyl/N-ethyl adjacent to an activating group) is 1. The van der Waals surface area contributed by atoms with Crippen molar-refractivity contribution < 1.29 is 23.9 Å². The number of nitrogens with zero attached hydrogens (tertiary/aromatic N) is 1. The van der Waals surface area contributed by atoms with Gasteiger partial charge in [0.1, 0.15) is 6.54 Å². The lowest BCUT2D eigenvalue weighted by atomic mass is 10.0. The van der Waals surface area contributed by atoms with E-state index >= 15 is 0 Å². The van der Waals surface area contributed by atoms with Crippen LogP contribution in [0.15, 0.2) is 0 Å². The van der Waals surface area contributed by atoms with Gasteiger partial charge in [-0.1, -0.05) is 20.3 Å². The Labute approximate surface area is 116 Å². The van der Waals surface area contributed by atoms with Crippen molar-refractivity contribution in [1.29, 1.82) is 0 Å². The number of hydrogen-bond acceptors (Lipinski definition) is 3. The Balaban J connectivity index is 4.30. The maximum Gasteiger partial charge on any atom is 0.307 e. The van der Waals surface area contributed by atoms with Gasteiger partial charge in [-0.25, -0.2) is 0 Å². The van der Waals surface area contributed by atoms with E-state index in [9.17, 15) is 9.59 Å². The molecule has 0 aromatic rings. The minimum atomic E-state index is -0.937. The molecular formula is C14H28NO4+. The fourth-order valence-corrected chi connectivity index (χ4v) is 1.76. The second kappa shape index (κ2) is 8.15. The molecular weight excluding hydrogens is 246 g/mol. The molecule has 0 spiro atoms. The van der Waals surface area contributed by atoms with E-state index in [2.05, 4.69) is 13.8 Å². The lowest BCUT2D eigenvalue weighted by Crippen LogP contribution is -2.43. The number of quaternary nitrogens is 1. The molecule has 0 saturated heterocycles. The van der Waals surface area contributed by atoms with E-state index in [1.54, 1.807) is 0 Å². The molecule has 0 saturated carbocycles. The Morgan fingerprint density at radius 1 is 1.26 bits per heavy atom. The molecule has 0 fully saturated rings. The topological polar surface area (TPSA) is 63.6 Å². The minimum absolute atomic E-state index is 0.134. The van der Waals surface area contributed by atoms with E-state index in [-0.39, 0.29) is 12.4 Å². The number of carbonyl (C=O) groups excluding carboxylic acids is 1. The Kier molecular flexibility index (Phi) is 7.68. The summed E-state index contributed by atoms with van der Waals surface area (Å²) in [4.78, 5) is 22.5. The second-order valence-corrected chi connectivity index (χ2v) is 6.23. The maximum atomic E-state index is 11.7. The van der Waals surface area contributed by atoms with Crippen molar-refractivity contribution in [2.24, 2.45) is 5.92 Å². The molecule has 5 nitrogen and oxygen atoms in total. The van der Waals surface area contributed by atoms with Crippen LogP contribution >= 0.6 is 0 Å². The first kappa shape index (κ1) is 17.9. The fourth-order valence-electron chi connectivity index (χ4n) is 1.76. The summed E-state index contributed by atoms with van der Waals surface area (Å²) in [5.74, 6) is -0.739. The zero-order valence-electron chi connectivity index (χ0n) is 12.8. The van der Waals surface area contributed by atoms with Gasteiger partial charge < -0.3 is 14.3 Å². The normalized spacial score (nSPS) is 14.8. The molecule has 2 atom stereocenters. The van der Waals surface area contributed by atoms with E-state index in [1.165, 1.54) is 0 Å². The second-order valence-electron chi connectivity index (χ2n) is 6.23. The van der Waals surface area contributed by atoms with Gasteiger partial charge in [0.05, 0.1) is 27.6 Å². The lowest BCUT2D eigenvalue weighted by molar-refractivity contribution is -0.873. The van der Waals surface area contributed by atoms with Crippen molar-refractivity contribution in [1.82, 2.24) is 0 Å². The Hall–Kier alpha value is -1.10. The predicted molar refractivity (Wildman–Crippen MR) is 73.7 cm³/mol. The number of carboxylic acid groups (broad SMARTS) is 1. The average Bonchev–Trinajstić information content (AvgIpc) is 2.22. The summed E-state index contributed by atoms with van der Waals surface area (Å²) < 4.78 is 5.86. The number of carbonyl (C=O) groups is 2. The molecule has 1 N–H and O–H groups in total. The van der Waals surface area contributed by atoms with Crippen molar-refractivity contribution in [2.45, 2.75) is 45.6 Å². The highest BCUT2D eigenvalue weighted by molar-refractivity contribution is 5.71. The molecule has 112 valence electrons. The maximum absolute atomic E-state index is 11.7. The Bertz CT molecular complexity index is 296. The van der Waals surface area contributed by atoms with Crippen LogP contribution in [-0.4, -0.2) is 55.3 Å². The highest BCUT2D eigenvalue weighted by Gasteiger charge is 2.24. The quantitative estimate of drug-likeness (QED) is 0.515. The number of rotatable bonds is 9. The molecule has 19 heavy (non-hydrogen) atoms. The average molecular weight is 274 g/mol. The van der Waals surface area contributed by atoms with Crippen molar-refractivity contribution in [2.75, 3.05) is 27.7 Å². The molecule has 0 radical (unpaired) electrons. The zero-order chi connectivity index (χ0) is 15.1. The van der Waals surface area contributed by atoms with Crippen LogP contribution in [0.2, 0.25) is 0 Å². The molecule has 2 unspecified atom stereocenters. The van der Waals surface area contributed by atoms with E-state index in [0.717, 1.165) is 12.8 Å². The van der Waals surface area contributed by atoms with Crippen molar-refractivity contribution >= 4 is 11.9 Å². The molecule has 0 aromatic carbocycles. The summed E-state index contributed by atoms with van der Waals surface area (Å²) >= 11 is 0. The fraction of sp³-hybridized carbons (Fsp3) is 0.857. The monoisotopic (exact) mass is 274 g/mol. The third kappa shape index (κ3) is 10.5. The molecule has 5 heteroatoms. The third-order valence-corrected chi connectivity index (χ3v) is 2.99. The van der Waals surface area contributed by atoms with Gasteiger partial charge in [0.2, 0.25) is 0 Å². The molecule has 0 aliphatic carbocycles. The summed E-state index contributed by atoms with van der Waals surface area (Å²) in [6.45, 7) is 4.68. The number of esters is 1. The lowest BCUT2D eigenvalue weighted by Gasteiger charge is -2.28. The first-order valence-corrected chi connectivity index (χ1v) is 6.85. The van der Waals surface area contributed by atoms with Gasteiger partial charge in [0.15, 0.2) is 6.10 Å².